The molecule has 0 spiro atoms. The Kier molecular flexibility index (Phi) is 4.99. The van der Waals surface area contributed by atoms with E-state index in [0.717, 1.165) is 17.1 Å². The molecule has 0 fully saturated rings. The molecule has 1 amide bonds. The summed E-state index contributed by atoms with van der Waals surface area (Å²) in [5, 5.41) is 15.5. The Morgan fingerprint density at radius 2 is 2.00 bits per heavy atom. The van der Waals surface area contributed by atoms with Crippen molar-refractivity contribution in [3.8, 4) is 0 Å². The molecule has 1 heterocycles. The number of aromatic carboxylic acids is 1. The van der Waals surface area contributed by atoms with Gasteiger partial charge in [-0.05, 0) is 42.1 Å². The number of carboxylic acid groups (broad SMARTS) is 1. The molecule has 110 valence electrons. The van der Waals surface area contributed by atoms with Gasteiger partial charge in [0.25, 0.3) is 5.91 Å². The first-order chi connectivity index (χ1) is 10.1. The van der Waals surface area contributed by atoms with E-state index >= 15 is 0 Å². The molecule has 0 saturated carbocycles. The van der Waals surface area contributed by atoms with Crippen molar-refractivity contribution < 1.29 is 14.7 Å². The SMILES string of the molecule is CCc1nnsc1C(=O)NCCc1ccc(C(=O)O)cc1. The maximum Gasteiger partial charge on any atom is 0.335 e. The van der Waals surface area contributed by atoms with E-state index in [4.69, 9.17) is 5.11 Å². The lowest BCUT2D eigenvalue weighted by atomic mass is 10.1. The standard InChI is InChI=1S/C14H15N3O3S/c1-2-11-12(21-17-16-11)13(18)15-8-7-9-3-5-10(6-4-9)14(19)20/h3-6H,2,7-8H2,1H3,(H,15,18)(H,19,20). The fourth-order valence-corrected chi connectivity index (χ4v) is 2.49. The first-order valence-corrected chi connectivity index (χ1v) is 7.30. The third-order valence-electron chi connectivity index (χ3n) is 3.00. The summed E-state index contributed by atoms with van der Waals surface area (Å²) < 4.78 is 3.78. The van der Waals surface area contributed by atoms with Crippen LogP contribution >= 0.6 is 11.5 Å². The first kappa shape index (κ1) is 15.1. The number of rotatable bonds is 6. The molecular weight excluding hydrogens is 290 g/mol. The highest BCUT2D eigenvalue weighted by molar-refractivity contribution is 7.08. The van der Waals surface area contributed by atoms with Gasteiger partial charge >= 0.3 is 5.97 Å². The molecule has 0 aliphatic carbocycles. The number of aryl methyl sites for hydroxylation is 1. The van der Waals surface area contributed by atoms with E-state index in [-0.39, 0.29) is 11.5 Å². The summed E-state index contributed by atoms with van der Waals surface area (Å²) in [4.78, 5) is 23.3. The predicted octanol–water partition coefficient (Wildman–Crippen LogP) is 1.77. The average molecular weight is 305 g/mol. The molecule has 0 aliphatic heterocycles. The second-order valence-electron chi connectivity index (χ2n) is 4.41. The molecule has 21 heavy (non-hydrogen) atoms. The number of carboxylic acids is 1. The summed E-state index contributed by atoms with van der Waals surface area (Å²) in [5.41, 5.74) is 1.94. The molecule has 2 N–H and O–H groups in total. The average Bonchev–Trinajstić information content (AvgIpc) is 2.96. The largest absolute Gasteiger partial charge is 0.478 e. The summed E-state index contributed by atoms with van der Waals surface area (Å²) in [5.74, 6) is -1.11. The first-order valence-electron chi connectivity index (χ1n) is 6.53. The zero-order valence-electron chi connectivity index (χ0n) is 11.5. The van der Waals surface area contributed by atoms with Crippen molar-refractivity contribution in [1.29, 1.82) is 0 Å². The molecule has 1 aromatic carbocycles. The van der Waals surface area contributed by atoms with E-state index in [0.29, 0.717) is 30.0 Å². The molecule has 2 aromatic rings. The Hall–Kier alpha value is -2.28. The van der Waals surface area contributed by atoms with Crippen LogP contribution in [-0.4, -0.2) is 33.1 Å². The number of amides is 1. The van der Waals surface area contributed by atoms with Crippen LogP contribution in [0.3, 0.4) is 0 Å². The molecular formula is C14H15N3O3S. The molecule has 0 radical (unpaired) electrons. The number of carbonyl (C=O) groups excluding carboxylic acids is 1. The minimum atomic E-state index is -0.945. The fraction of sp³-hybridized carbons (Fsp3) is 0.286. The van der Waals surface area contributed by atoms with Crippen LogP contribution in [0, 0.1) is 0 Å². The highest BCUT2D eigenvalue weighted by Gasteiger charge is 2.14. The molecule has 0 unspecified atom stereocenters. The Morgan fingerprint density at radius 1 is 1.29 bits per heavy atom. The number of hydrogen-bond donors (Lipinski definition) is 2. The molecule has 2 rings (SSSR count). The number of aromatic nitrogens is 2. The van der Waals surface area contributed by atoms with E-state index in [9.17, 15) is 9.59 Å². The lowest BCUT2D eigenvalue weighted by Crippen LogP contribution is -2.25. The molecule has 1 aromatic heterocycles. The van der Waals surface area contributed by atoms with Crippen LogP contribution in [0.2, 0.25) is 0 Å². The smallest absolute Gasteiger partial charge is 0.335 e. The number of nitrogens with zero attached hydrogens (tertiary/aromatic N) is 2. The van der Waals surface area contributed by atoms with Crippen molar-refractivity contribution in [3.63, 3.8) is 0 Å². The van der Waals surface area contributed by atoms with Crippen molar-refractivity contribution in [1.82, 2.24) is 14.9 Å². The Labute approximate surface area is 126 Å². The Morgan fingerprint density at radius 3 is 2.62 bits per heavy atom. The minimum absolute atomic E-state index is 0.163. The predicted molar refractivity (Wildman–Crippen MR) is 78.7 cm³/mol. The van der Waals surface area contributed by atoms with Crippen molar-refractivity contribution in [3.05, 3.63) is 46.0 Å². The van der Waals surface area contributed by atoms with E-state index in [2.05, 4.69) is 14.9 Å². The number of hydrogen-bond acceptors (Lipinski definition) is 5. The van der Waals surface area contributed by atoms with Gasteiger partial charge in [-0.15, -0.1) is 5.10 Å². The van der Waals surface area contributed by atoms with Crippen molar-refractivity contribution >= 4 is 23.4 Å². The zero-order valence-corrected chi connectivity index (χ0v) is 12.3. The lowest BCUT2D eigenvalue weighted by molar-refractivity contribution is 0.0696. The third-order valence-corrected chi connectivity index (χ3v) is 3.76. The normalized spacial score (nSPS) is 10.3. The summed E-state index contributed by atoms with van der Waals surface area (Å²) >= 11 is 1.10. The molecule has 0 aliphatic rings. The summed E-state index contributed by atoms with van der Waals surface area (Å²) in [6.45, 7) is 2.41. The van der Waals surface area contributed by atoms with Gasteiger partial charge in [-0.25, -0.2) is 4.79 Å². The maximum absolute atomic E-state index is 12.0. The number of nitrogens with one attached hydrogen (secondary N) is 1. The van der Waals surface area contributed by atoms with Crippen LogP contribution < -0.4 is 5.32 Å². The summed E-state index contributed by atoms with van der Waals surface area (Å²) in [6.07, 6.45) is 1.31. The molecule has 6 nitrogen and oxygen atoms in total. The van der Waals surface area contributed by atoms with Gasteiger partial charge in [0.1, 0.15) is 4.88 Å². The van der Waals surface area contributed by atoms with E-state index in [1.165, 1.54) is 0 Å². The lowest BCUT2D eigenvalue weighted by Gasteiger charge is -2.05. The van der Waals surface area contributed by atoms with Crippen molar-refractivity contribution in [2.24, 2.45) is 0 Å². The van der Waals surface area contributed by atoms with E-state index in [1.807, 2.05) is 6.92 Å². The van der Waals surface area contributed by atoms with Crippen LogP contribution in [0.5, 0.6) is 0 Å². The quantitative estimate of drug-likeness (QED) is 0.848. The van der Waals surface area contributed by atoms with Crippen LogP contribution in [0.15, 0.2) is 24.3 Å². The van der Waals surface area contributed by atoms with E-state index in [1.54, 1.807) is 24.3 Å². The fourth-order valence-electron chi connectivity index (χ4n) is 1.83. The van der Waals surface area contributed by atoms with Gasteiger partial charge < -0.3 is 10.4 Å². The van der Waals surface area contributed by atoms with Crippen LogP contribution in [0.4, 0.5) is 0 Å². The van der Waals surface area contributed by atoms with Gasteiger partial charge in [0, 0.05) is 6.54 Å². The maximum atomic E-state index is 12.0. The third kappa shape index (κ3) is 3.85. The Bertz CT molecular complexity index is 637. The summed E-state index contributed by atoms with van der Waals surface area (Å²) in [7, 11) is 0. The van der Waals surface area contributed by atoms with Gasteiger partial charge in [0.15, 0.2) is 0 Å². The van der Waals surface area contributed by atoms with Gasteiger partial charge in [-0.1, -0.05) is 23.5 Å². The number of benzene rings is 1. The second-order valence-corrected chi connectivity index (χ2v) is 5.16. The van der Waals surface area contributed by atoms with E-state index < -0.39 is 5.97 Å². The molecule has 0 bridgehead atoms. The van der Waals surface area contributed by atoms with Gasteiger partial charge in [-0.2, -0.15) is 0 Å². The van der Waals surface area contributed by atoms with Crippen LogP contribution in [-0.2, 0) is 12.8 Å². The van der Waals surface area contributed by atoms with Crippen LogP contribution in [0.1, 0.15) is 38.2 Å². The van der Waals surface area contributed by atoms with Gasteiger partial charge in [0.2, 0.25) is 0 Å². The zero-order chi connectivity index (χ0) is 15.2. The molecule has 0 saturated heterocycles. The molecule has 7 heteroatoms. The minimum Gasteiger partial charge on any atom is -0.478 e. The molecule has 0 atom stereocenters. The number of carbonyl (C=O) groups is 2. The Balaban J connectivity index is 1.86. The second kappa shape index (κ2) is 6.94. The topological polar surface area (TPSA) is 92.2 Å². The van der Waals surface area contributed by atoms with Crippen molar-refractivity contribution in [2.45, 2.75) is 19.8 Å². The van der Waals surface area contributed by atoms with Crippen molar-refractivity contribution in [2.75, 3.05) is 6.54 Å². The highest BCUT2D eigenvalue weighted by Crippen LogP contribution is 2.11. The van der Waals surface area contributed by atoms with Gasteiger partial charge in [-0.3, -0.25) is 4.79 Å². The van der Waals surface area contributed by atoms with Gasteiger partial charge in [0.05, 0.1) is 11.3 Å². The summed E-state index contributed by atoms with van der Waals surface area (Å²) in [6, 6.07) is 6.62. The van der Waals surface area contributed by atoms with Crippen LogP contribution in [0.25, 0.3) is 0 Å². The highest BCUT2D eigenvalue weighted by atomic mass is 32.1. The monoisotopic (exact) mass is 305 g/mol.